The third-order valence-corrected chi connectivity index (χ3v) is 6.59. The van der Waals surface area contributed by atoms with Gasteiger partial charge in [0.25, 0.3) is 0 Å². The second-order valence-electron chi connectivity index (χ2n) is 10.4. The van der Waals surface area contributed by atoms with Gasteiger partial charge >= 0.3 is 6.03 Å². The van der Waals surface area contributed by atoms with Gasteiger partial charge in [0.2, 0.25) is 5.91 Å². The summed E-state index contributed by atoms with van der Waals surface area (Å²) in [4.78, 5) is 27.9. The molecular weight excluding hydrogens is 537 g/mol. The summed E-state index contributed by atoms with van der Waals surface area (Å²) < 4.78 is 7.17. The van der Waals surface area contributed by atoms with Crippen LogP contribution in [0.3, 0.4) is 0 Å². The molecule has 204 valence electrons. The average molecular weight is 569 g/mol. The number of nitrogens with zero attached hydrogens (tertiary/aromatic N) is 3. The second kappa shape index (κ2) is 11.6. The summed E-state index contributed by atoms with van der Waals surface area (Å²) in [6.07, 6.45) is 1.51. The Balaban J connectivity index is 1.60. The topological polar surface area (TPSA) is 92.4 Å². The van der Waals surface area contributed by atoms with Gasteiger partial charge in [-0.3, -0.25) is 4.79 Å². The van der Waals surface area contributed by atoms with E-state index in [0.717, 1.165) is 22.5 Å². The van der Waals surface area contributed by atoms with E-state index in [0.29, 0.717) is 22.3 Å². The van der Waals surface area contributed by atoms with Crippen LogP contribution < -0.4 is 10.6 Å². The van der Waals surface area contributed by atoms with Crippen molar-refractivity contribution in [2.45, 2.75) is 46.6 Å². The highest BCUT2D eigenvalue weighted by Crippen LogP contribution is 2.28. The molecule has 0 spiro atoms. The first-order valence-corrected chi connectivity index (χ1v) is 13.2. The lowest BCUT2D eigenvalue weighted by molar-refractivity contribution is -0.116. The lowest BCUT2D eigenvalue weighted by Gasteiger charge is -2.22. The van der Waals surface area contributed by atoms with E-state index in [9.17, 15) is 9.59 Å². The maximum absolute atomic E-state index is 13.4. The predicted molar refractivity (Wildman–Crippen MR) is 155 cm³/mol. The van der Waals surface area contributed by atoms with Crippen molar-refractivity contribution in [3.8, 4) is 5.69 Å². The van der Waals surface area contributed by atoms with Gasteiger partial charge in [0.15, 0.2) is 0 Å². The molecule has 0 aliphatic carbocycles. The normalized spacial score (nSPS) is 11.4. The molecule has 0 aliphatic rings. The van der Waals surface area contributed by atoms with Gasteiger partial charge in [0.1, 0.15) is 18.1 Å². The molecule has 0 saturated heterocycles. The van der Waals surface area contributed by atoms with Crippen LogP contribution in [0.1, 0.15) is 43.4 Å². The second-order valence-corrected chi connectivity index (χ2v) is 11.2. The quantitative estimate of drug-likeness (QED) is 0.244. The molecule has 2 aromatic carbocycles. The number of halogens is 2. The van der Waals surface area contributed by atoms with Crippen LogP contribution in [0.5, 0.6) is 0 Å². The smallest absolute Gasteiger partial charge is 0.322 e. The van der Waals surface area contributed by atoms with Gasteiger partial charge in [-0.2, -0.15) is 5.10 Å². The highest BCUT2D eigenvalue weighted by molar-refractivity contribution is 6.36. The third kappa shape index (κ3) is 7.02. The molecule has 0 aliphatic heterocycles. The number of urea groups is 1. The molecule has 0 saturated carbocycles. The van der Waals surface area contributed by atoms with E-state index in [-0.39, 0.29) is 23.5 Å². The fourth-order valence-electron chi connectivity index (χ4n) is 3.99. The highest BCUT2D eigenvalue weighted by atomic mass is 35.5. The molecule has 2 N–H and O–H groups in total. The Bertz CT molecular complexity index is 1490. The van der Waals surface area contributed by atoms with Gasteiger partial charge in [-0.15, -0.1) is 0 Å². The zero-order valence-electron chi connectivity index (χ0n) is 22.5. The first-order chi connectivity index (χ1) is 18.4. The van der Waals surface area contributed by atoms with Gasteiger partial charge in [0.05, 0.1) is 34.9 Å². The zero-order valence-corrected chi connectivity index (χ0v) is 24.0. The summed E-state index contributed by atoms with van der Waals surface area (Å²) in [5, 5.41) is 11.2. The summed E-state index contributed by atoms with van der Waals surface area (Å²) in [6, 6.07) is 15.6. The number of hydrogen-bond donors (Lipinski definition) is 2. The van der Waals surface area contributed by atoms with Crippen LogP contribution in [-0.4, -0.2) is 33.2 Å². The molecule has 0 unspecified atom stereocenters. The van der Waals surface area contributed by atoms with Crippen molar-refractivity contribution in [2.24, 2.45) is 0 Å². The first kappa shape index (κ1) is 28.3. The Morgan fingerprint density at radius 3 is 2.44 bits per heavy atom. The molecule has 2 heterocycles. The summed E-state index contributed by atoms with van der Waals surface area (Å²) >= 11 is 12.2. The highest BCUT2D eigenvalue weighted by Gasteiger charge is 2.24. The Morgan fingerprint density at radius 2 is 1.79 bits per heavy atom. The van der Waals surface area contributed by atoms with E-state index >= 15 is 0 Å². The van der Waals surface area contributed by atoms with Crippen LogP contribution in [0.4, 0.5) is 16.3 Å². The number of amides is 3. The molecule has 4 aromatic rings. The monoisotopic (exact) mass is 567 g/mol. The number of aromatic nitrogens is 2. The van der Waals surface area contributed by atoms with E-state index < -0.39 is 11.9 Å². The van der Waals surface area contributed by atoms with Crippen molar-refractivity contribution in [2.75, 3.05) is 17.2 Å². The molecule has 4 rings (SSSR count). The number of hydrogen-bond acceptors (Lipinski definition) is 4. The maximum Gasteiger partial charge on any atom is 0.322 e. The Labute approximate surface area is 237 Å². The van der Waals surface area contributed by atoms with Gasteiger partial charge in [-0.05, 0) is 55.8 Å². The minimum atomic E-state index is -0.524. The van der Waals surface area contributed by atoms with Crippen LogP contribution in [0.25, 0.3) is 5.69 Å². The Kier molecular flexibility index (Phi) is 8.37. The molecule has 3 amide bonds. The van der Waals surface area contributed by atoms with Crippen molar-refractivity contribution in [3.05, 3.63) is 93.5 Å². The molecule has 0 atom stereocenters. The zero-order chi connectivity index (χ0) is 28.3. The van der Waals surface area contributed by atoms with Crippen molar-refractivity contribution in [1.82, 2.24) is 14.7 Å². The SMILES string of the molecule is Cc1ccc(-n2nc(C(C)(C)C)cc2NC(=O)CN(Cc2ccco2)C(=O)Nc2ccc(Cl)cc2Cl)c(C)c1. The number of nitrogens with one attached hydrogen (secondary N) is 2. The van der Waals surface area contributed by atoms with E-state index in [4.69, 9.17) is 32.7 Å². The summed E-state index contributed by atoms with van der Waals surface area (Å²) in [5.74, 6) is 0.636. The number of rotatable bonds is 7. The van der Waals surface area contributed by atoms with E-state index in [1.165, 1.54) is 17.2 Å². The van der Waals surface area contributed by atoms with Gasteiger partial charge < -0.3 is 20.0 Å². The van der Waals surface area contributed by atoms with Gasteiger partial charge in [-0.25, -0.2) is 9.48 Å². The molecule has 8 nitrogen and oxygen atoms in total. The molecule has 0 bridgehead atoms. The maximum atomic E-state index is 13.4. The minimum Gasteiger partial charge on any atom is -0.467 e. The molecule has 0 radical (unpaired) electrons. The van der Waals surface area contributed by atoms with Crippen molar-refractivity contribution in [3.63, 3.8) is 0 Å². The lowest BCUT2D eigenvalue weighted by atomic mass is 9.92. The number of carbonyl (C=O) groups excluding carboxylic acids is 2. The number of furan rings is 1. The Hall–Kier alpha value is -3.75. The summed E-state index contributed by atoms with van der Waals surface area (Å²) in [7, 11) is 0. The lowest BCUT2D eigenvalue weighted by Crippen LogP contribution is -2.40. The fourth-order valence-corrected chi connectivity index (χ4v) is 4.45. The van der Waals surface area contributed by atoms with E-state index in [1.54, 1.807) is 28.9 Å². The number of aryl methyl sites for hydroxylation is 2. The Morgan fingerprint density at radius 1 is 1.03 bits per heavy atom. The summed E-state index contributed by atoms with van der Waals surface area (Å²) in [5.41, 5.74) is 3.96. The minimum absolute atomic E-state index is 0.0705. The average Bonchev–Trinajstić information content (AvgIpc) is 3.50. The largest absolute Gasteiger partial charge is 0.467 e. The van der Waals surface area contributed by atoms with E-state index in [2.05, 4.69) is 37.5 Å². The predicted octanol–water partition coefficient (Wildman–Crippen LogP) is 7.36. The van der Waals surface area contributed by atoms with Crippen LogP contribution in [0.2, 0.25) is 10.0 Å². The third-order valence-electron chi connectivity index (χ3n) is 6.05. The standard InChI is InChI=1S/C29H31Cl2N5O3/c1-18-8-11-24(19(2)13-18)36-26(15-25(34-36)29(3,4)5)33-27(37)17-35(16-21-7-6-12-39-21)28(38)32-23-10-9-20(30)14-22(23)31/h6-15H,16-17H2,1-5H3,(H,32,38)(H,33,37). The molecule has 0 fully saturated rings. The van der Waals surface area contributed by atoms with Gasteiger partial charge in [-0.1, -0.05) is 61.7 Å². The van der Waals surface area contributed by atoms with Crippen molar-refractivity contribution in [1.29, 1.82) is 0 Å². The fraction of sp³-hybridized carbons (Fsp3) is 0.276. The molecule has 39 heavy (non-hydrogen) atoms. The van der Waals surface area contributed by atoms with E-state index in [1.807, 2.05) is 32.0 Å². The number of carbonyl (C=O) groups is 2. The van der Waals surface area contributed by atoms with Crippen molar-refractivity contribution < 1.29 is 14.0 Å². The van der Waals surface area contributed by atoms with Crippen LogP contribution in [0, 0.1) is 13.8 Å². The van der Waals surface area contributed by atoms with Crippen LogP contribution in [-0.2, 0) is 16.8 Å². The van der Waals surface area contributed by atoms with Crippen LogP contribution >= 0.6 is 23.2 Å². The number of anilines is 2. The first-order valence-electron chi connectivity index (χ1n) is 12.4. The molecule has 2 aromatic heterocycles. The molecular formula is C29H31Cl2N5O3. The summed E-state index contributed by atoms with van der Waals surface area (Å²) in [6.45, 7) is 10.0. The van der Waals surface area contributed by atoms with Crippen molar-refractivity contribution >= 4 is 46.6 Å². The number of benzene rings is 2. The van der Waals surface area contributed by atoms with Crippen LogP contribution in [0.15, 0.2) is 65.3 Å². The molecule has 10 heteroatoms. The van der Waals surface area contributed by atoms with Gasteiger partial charge in [0, 0.05) is 16.5 Å².